The predicted octanol–water partition coefficient (Wildman–Crippen LogP) is 3.53. The van der Waals surface area contributed by atoms with E-state index in [1.165, 1.54) is 0 Å². The van der Waals surface area contributed by atoms with Gasteiger partial charge in [-0.15, -0.1) is 0 Å². The molecule has 0 saturated heterocycles. The molecule has 26 heavy (non-hydrogen) atoms. The van der Waals surface area contributed by atoms with E-state index in [1.807, 2.05) is 0 Å². The summed E-state index contributed by atoms with van der Waals surface area (Å²) < 4.78 is 5.53. The molecule has 0 heterocycles. The van der Waals surface area contributed by atoms with Gasteiger partial charge in [-0.2, -0.15) is 0 Å². The van der Waals surface area contributed by atoms with Crippen molar-refractivity contribution in [2.45, 2.75) is 104 Å². The van der Waals surface area contributed by atoms with Crippen LogP contribution in [0.25, 0.3) is 0 Å². The first kappa shape index (κ1) is 24.9. The normalized spacial score (nSPS) is 17.2. The highest BCUT2D eigenvalue weighted by molar-refractivity contribution is 5.84. The van der Waals surface area contributed by atoms with Crippen molar-refractivity contribution in [2.24, 2.45) is 11.8 Å². The summed E-state index contributed by atoms with van der Waals surface area (Å²) in [5.41, 5.74) is 0. The number of aliphatic carboxylic acids is 1. The highest BCUT2D eigenvalue weighted by Crippen LogP contribution is 2.29. The number of hydrogen-bond acceptors (Lipinski definition) is 5. The molecule has 0 aliphatic rings. The van der Waals surface area contributed by atoms with Gasteiger partial charge in [-0.1, -0.05) is 66.2 Å². The molecule has 6 nitrogen and oxygen atoms in total. The molecule has 0 aliphatic carbocycles. The van der Waals surface area contributed by atoms with Gasteiger partial charge in [0.1, 0.15) is 6.10 Å². The molecule has 0 rings (SSSR count). The van der Waals surface area contributed by atoms with Crippen LogP contribution in [0.15, 0.2) is 0 Å². The first-order valence-corrected chi connectivity index (χ1v) is 10.1. The van der Waals surface area contributed by atoms with Gasteiger partial charge in [-0.3, -0.25) is 0 Å². The number of aliphatic hydroxyl groups is 2. The van der Waals surface area contributed by atoms with Gasteiger partial charge in [0.2, 0.25) is 0 Å². The summed E-state index contributed by atoms with van der Waals surface area (Å²) in [5, 5.41) is 27.9. The number of hydrogen-bond donors (Lipinski definition) is 3. The topological polar surface area (TPSA) is 104 Å². The van der Waals surface area contributed by atoms with Crippen LogP contribution in [-0.2, 0) is 14.3 Å². The molecule has 0 saturated carbocycles. The Kier molecular flexibility index (Phi) is 13.4. The lowest BCUT2D eigenvalue weighted by molar-refractivity contribution is -0.176. The van der Waals surface area contributed by atoms with Crippen LogP contribution in [0.1, 0.15) is 85.5 Å². The van der Waals surface area contributed by atoms with Gasteiger partial charge in [-0.25, -0.2) is 9.59 Å². The van der Waals surface area contributed by atoms with E-state index < -0.39 is 24.1 Å². The fourth-order valence-corrected chi connectivity index (χ4v) is 3.25. The van der Waals surface area contributed by atoms with E-state index in [1.54, 1.807) is 0 Å². The van der Waals surface area contributed by atoms with Crippen LogP contribution in [-0.4, -0.2) is 45.6 Å². The van der Waals surface area contributed by atoms with E-state index in [-0.39, 0.29) is 12.0 Å². The van der Waals surface area contributed by atoms with Crippen LogP contribution in [0.5, 0.6) is 0 Å². The Labute approximate surface area is 157 Å². The van der Waals surface area contributed by atoms with Gasteiger partial charge in [0.15, 0.2) is 12.2 Å². The third kappa shape index (κ3) is 8.99. The van der Waals surface area contributed by atoms with E-state index in [9.17, 15) is 19.8 Å². The van der Waals surface area contributed by atoms with Crippen molar-refractivity contribution >= 4 is 11.9 Å². The monoisotopic (exact) mass is 374 g/mol. The molecular formula is C20H38O6. The maximum atomic E-state index is 12.2. The smallest absolute Gasteiger partial charge is 0.338 e. The Morgan fingerprint density at radius 3 is 1.92 bits per heavy atom. The number of carbonyl (C=O) groups is 2. The largest absolute Gasteiger partial charge is 0.479 e. The molecule has 0 amide bonds. The molecule has 0 fully saturated rings. The fraction of sp³-hybridized carbons (Fsp3) is 0.900. The van der Waals surface area contributed by atoms with Crippen LogP contribution in [0.3, 0.4) is 0 Å². The molecular weight excluding hydrogens is 336 g/mol. The Morgan fingerprint density at radius 1 is 0.885 bits per heavy atom. The lowest BCUT2D eigenvalue weighted by Gasteiger charge is -2.30. The Morgan fingerprint density at radius 2 is 1.46 bits per heavy atom. The minimum absolute atomic E-state index is 0.170. The van der Waals surface area contributed by atoms with Crippen LogP contribution in [0, 0.1) is 11.8 Å². The molecule has 0 aromatic carbocycles. The third-order valence-corrected chi connectivity index (χ3v) is 5.15. The Balaban J connectivity index is 5.16. The number of rotatable bonds is 15. The summed E-state index contributed by atoms with van der Waals surface area (Å²) in [6.07, 6.45) is 4.23. The first-order valence-electron chi connectivity index (χ1n) is 10.1. The molecule has 0 spiro atoms. The lowest BCUT2D eigenvalue weighted by atomic mass is 9.84. The molecule has 5 atom stereocenters. The summed E-state index contributed by atoms with van der Waals surface area (Å²) >= 11 is 0. The number of esters is 1. The van der Waals surface area contributed by atoms with Crippen molar-refractivity contribution < 1.29 is 29.6 Å². The van der Waals surface area contributed by atoms with Crippen molar-refractivity contribution in [3.8, 4) is 0 Å². The van der Waals surface area contributed by atoms with Crippen molar-refractivity contribution in [1.82, 2.24) is 0 Å². The van der Waals surface area contributed by atoms with Crippen molar-refractivity contribution in [1.29, 1.82) is 0 Å². The van der Waals surface area contributed by atoms with E-state index in [0.29, 0.717) is 12.3 Å². The second-order valence-electron chi connectivity index (χ2n) is 7.17. The molecule has 6 heteroatoms. The average Bonchev–Trinajstić information content (AvgIpc) is 2.63. The molecule has 3 N–H and O–H groups in total. The lowest BCUT2D eigenvalue weighted by Crippen LogP contribution is -2.43. The molecule has 5 unspecified atom stereocenters. The first-order chi connectivity index (χ1) is 12.3. The van der Waals surface area contributed by atoms with Gasteiger partial charge in [0.25, 0.3) is 0 Å². The SMILES string of the molecule is CCCCC(CC)CC(OC(=O)C(O)C(O)C(=O)O)C(CC)CCCC. The van der Waals surface area contributed by atoms with E-state index >= 15 is 0 Å². The molecule has 0 bridgehead atoms. The standard InChI is InChI=1S/C20H38O6/c1-5-9-11-14(7-3)13-16(15(8-4)12-10-6-2)26-20(25)18(22)17(21)19(23)24/h14-18,21-22H,5-13H2,1-4H3,(H,23,24). The zero-order valence-electron chi connectivity index (χ0n) is 16.8. The quantitative estimate of drug-likeness (QED) is 0.379. The van der Waals surface area contributed by atoms with Gasteiger partial charge < -0.3 is 20.1 Å². The van der Waals surface area contributed by atoms with Crippen LogP contribution < -0.4 is 0 Å². The summed E-state index contributed by atoms with van der Waals surface area (Å²) in [5.74, 6) is -2.10. The highest BCUT2D eigenvalue weighted by atomic mass is 16.6. The molecule has 0 aromatic heterocycles. The Bertz CT molecular complexity index is 398. The van der Waals surface area contributed by atoms with Crippen molar-refractivity contribution in [2.75, 3.05) is 0 Å². The van der Waals surface area contributed by atoms with E-state index in [2.05, 4.69) is 27.7 Å². The maximum absolute atomic E-state index is 12.2. The summed E-state index contributed by atoms with van der Waals surface area (Å²) in [4.78, 5) is 23.0. The molecule has 0 aliphatic heterocycles. The average molecular weight is 375 g/mol. The molecule has 154 valence electrons. The van der Waals surface area contributed by atoms with E-state index in [4.69, 9.17) is 9.84 Å². The maximum Gasteiger partial charge on any atom is 0.338 e. The Hall–Kier alpha value is -1.14. The van der Waals surface area contributed by atoms with Crippen LogP contribution >= 0.6 is 0 Å². The minimum atomic E-state index is -2.17. The summed E-state index contributed by atoms with van der Waals surface area (Å²) in [6.45, 7) is 8.42. The van der Waals surface area contributed by atoms with Gasteiger partial charge in [0, 0.05) is 0 Å². The predicted molar refractivity (Wildman–Crippen MR) is 101 cm³/mol. The number of carboxylic acids is 1. The minimum Gasteiger partial charge on any atom is -0.479 e. The second kappa shape index (κ2) is 14.0. The summed E-state index contributed by atoms with van der Waals surface area (Å²) in [7, 11) is 0. The highest BCUT2D eigenvalue weighted by Gasteiger charge is 2.35. The fourth-order valence-electron chi connectivity index (χ4n) is 3.25. The number of carboxylic acid groups (broad SMARTS) is 1. The zero-order valence-corrected chi connectivity index (χ0v) is 16.8. The molecule has 0 radical (unpaired) electrons. The van der Waals surface area contributed by atoms with Gasteiger partial charge in [0.05, 0.1) is 0 Å². The second-order valence-corrected chi connectivity index (χ2v) is 7.17. The van der Waals surface area contributed by atoms with Crippen LogP contribution in [0.2, 0.25) is 0 Å². The molecule has 0 aromatic rings. The number of carbonyl (C=O) groups excluding carboxylic acids is 1. The number of unbranched alkanes of at least 4 members (excludes halogenated alkanes) is 2. The third-order valence-electron chi connectivity index (χ3n) is 5.15. The summed E-state index contributed by atoms with van der Waals surface area (Å²) in [6, 6.07) is 0. The number of ether oxygens (including phenoxy) is 1. The van der Waals surface area contributed by atoms with E-state index in [0.717, 1.165) is 51.4 Å². The zero-order chi connectivity index (χ0) is 20.1. The van der Waals surface area contributed by atoms with Gasteiger partial charge >= 0.3 is 11.9 Å². The van der Waals surface area contributed by atoms with Gasteiger partial charge in [-0.05, 0) is 31.1 Å². The van der Waals surface area contributed by atoms with Crippen molar-refractivity contribution in [3.63, 3.8) is 0 Å². The van der Waals surface area contributed by atoms with Crippen molar-refractivity contribution in [3.05, 3.63) is 0 Å². The van der Waals surface area contributed by atoms with Crippen LogP contribution in [0.4, 0.5) is 0 Å². The number of aliphatic hydroxyl groups excluding tert-OH is 2.